The van der Waals surface area contributed by atoms with E-state index in [9.17, 15) is 4.79 Å². The first-order valence-electron chi connectivity index (χ1n) is 9.46. The van der Waals surface area contributed by atoms with Gasteiger partial charge >= 0.3 is 5.97 Å². The second kappa shape index (κ2) is 5.22. The molecule has 1 saturated heterocycles. The van der Waals surface area contributed by atoms with Crippen molar-refractivity contribution in [2.75, 3.05) is 0 Å². The topological polar surface area (TPSA) is 26.3 Å². The van der Waals surface area contributed by atoms with Crippen molar-refractivity contribution in [2.24, 2.45) is 28.1 Å². The highest BCUT2D eigenvalue weighted by atomic mass is 79.9. The van der Waals surface area contributed by atoms with E-state index in [2.05, 4.69) is 48.3 Å². The number of fused-ring (bicyclic) bond motifs is 2. The van der Waals surface area contributed by atoms with Crippen LogP contribution in [0.15, 0.2) is 22.7 Å². The summed E-state index contributed by atoms with van der Waals surface area (Å²) in [5, 5.41) is 0. The first-order chi connectivity index (χ1) is 11.3. The fourth-order valence-electron chi connectivity index (χ4n) is 6.44. The molecule has 4 aliphatic rings. The summed E-state index contributed by atoms with van der Waals surface area (Å²) in [5.41, 5.74) is 3.00. The van der Waals surface area contributed by atoms with Crippen LogP contribution >= 0.6 is 15.9 Å². The maximum absolute atomic E-state index is 12.0. The Labute approximate surface area is 154 Å². The average Bonchev–Trinajstić information content (AvgIpc) is 3.11. The lowest BCUT2D eigenvalue weighted by Gasteiger charge is -2.43. The van der Waals surface area contributed by atoms with E-state index in [0.717, 1.165) is 12.3 Å². The molecule has 0 bridgehead atoms. The van der Waals surface area contributed by atoms with Gasteiger partial charge in [-0.05, 0) is 72.6 Å². The number of rotatable bonds is 2. The molecule has 4 rings (SSSR count). The molecule has 0 aromatic heterocycles. The molecule has 5 atom stereocenters. The van der Waals surface area contributed by atoms with Gasteiger partial charge in [-0.25, -0.2) is 4.79 Å². The summed E-state index contributed by atoms with van der Waals surface area (Å²) in [5.74, 6) is 1.28. The number of carbonyl (C=O) groups excluding carboxylic acids is 1. The van der Waals surface area contributed by atoms with Gasteiger partial charge in [-0.2, -0.15) is 0 Å². The Bertz CT molecular complexity index is 634. The molecule has 0 aromatic carbocycles. The summed E-state index contributed by atoms with van der Waals surface area (Å²) in [7, 11) is 0. The first kappa shape index (κ1) is 16.9. The van der Waals surface area contributed by atoms with Gasteiger partial charge in [0.05, 0.1) is 0 Å². The molecule has 2 nitrogen and oxygen atoms in total. The molecular formula is C21H29BrO2. The Hall–Kier alpha value is -0.570. The van der Waals surface area contributed by atoms with Crippen molar-refractivity contribution in [1.29, 1.82) is 0 Å². The minimum atomic E-state index is -0.215. The minimum Gasteiger partial charge on any atom is -0.458 e. The van der Waals surface area contributed by atoms with Crippen LogP contribution in [0.5, 0.6) is 0 Å². The maximum Gasteiger partial charge on any atom is 0.334 e. The first-order valence-corrected chi connectivity index (χ1v) is 10.4. The zero-order valence-electron chi connectivity index (χ0n) is 15.2. The monoisotopic (exact) mass is 392 g/mol. The number of carbonyl (C=O) groups is 1. The third-order valence-electron chi connectivity index (χ3n) is 8.34. The second-order valence-corrected chi connectivity index (χ2v) is 9.89. The summed E-state index contributed by atoms with van der Waals surface area (Å²) < 4.78 is 5.70. The number of cyclic esters (lactones) is 1. The molecule has 1 heterocycles. The van der Waals surface area contributed by atoms with Gasteiger partial charge in [-0.1, -0.05) is 48.9 Å². The van der Waals surface area contributed by atoms with Crippen molar-refractivity contribution < 1.29 is 9.53 Å². The van der Waals surface area contributed by atoms with E-state index in [1.54, 1.807) is 5.57 Å². The Kier molecular flexibility index (Phi) is 3.67. The van der Waals surface area contributed by atoms with Gasteiger partial charge < -0.3 is 4.74 Å². The minimum absolute atomic E-state index is 0.0132. The molecule has 24 heavy (non-hydrogen) atoms. The molecule has 0 radical (unpaired) electrons. The van der Waals surface area contributed by atoms with E-state index >= 15 is 0 Å². The molecule has 0 N–H and O–H groups in total. The quantitative estimate of drug-likeness (QED) is 0.440. The van der Waals surface area contributed by atoms with Gasteiger partial charge in [0.1, 0.15) is 6.10 Å². The van der Waals surface area contributed by atoms with Crippen LogP contribution < -0.4 is 0 Å². The normalized spacial score (nSPS) is 48.0. The molecule has 4 fully saturated rings. The number of esters is 1. The van der Waals surface area contributed by atoms with Crippen LogP contribution in [0, 0.1) is 28.1 Å². The molecule has 1 aliphatic heterocycles. The fourth-order valence-corrected chi connectivity index (χ4v) is 6.98. The van der Waals surface area contributed by atoms with Gasteiger partial charge in [0.15, 0.2) is 0 Å². The Morgan fingerprint density at radius 3 is 2.71 bits per heavy atom. The van der Waals surface area contributed by atoms with E-state index in [1.807, 2.05) is 0 Å². The number of hydrogen-bond donors (Lipinski definition) is 0. The second-order valence-electron chi connectivity index (χ2n) is 9.43. The summed E-state index contributed by atoms with van der Waals surface area (Å²) in [4.78, 5) is 14.2. The standard InChI is InChI=1S/C21H29BrO2/c1-13-18(23)24-17(19(13,2)3)10-15-11-21(15)9-7-16-14(12-22)6-5-8-20(16,21)4/h12,15-17H,1,5-11H2,2-4H3/b14-12+/t15?,16-,17-,20-,21+/m0/s1. The van der Waals surface area contributed by atoms with Crippen LogP contribution in [-0.2, 0) is 9.53 Å². The lowest BCUT2D eigenvalue weighted by Crippen LogP contribution is -2.36. The van der Waals surface area contributed by atoms with Crippen LogP contribution in [0.4, 0.5) is 0 Å². The van der Waals surface area contributed by atoms with Crippen LogP contribution in [0.1, 0.15) is 65.7 Å². The van der Waals surface area contributed by atoms with E-state index < -0.39 is 0 Å². The van der Waals surface area contributed by atoms with Gasteiger partial charge in [-0.15, -0.1) is 0 Å². The van der Waals surface area contributed by atoms with Crippen molar-refractivity contribution >= 4 is 21.9 Å². The van der Waals surface area contributed by atoms with Crippen LogP contribution in [0.25, 0.3) is 0 Å². The molecule has 1 spiro atoms. The number of allylic oxidation sites excluding steroid dienone is 1. The molecular weight excluding hydrogens is 364 g/mol. The van der Waals surface area contributed by atoms with Crippen molar-refractivity contribution in [1.82, 2.24) is 0 Å². The van der Waals surface area contributed by atoms with Crippen LogP contribution in [0.2, 0.25) is 0 Å². The van der Waals surface area contributed by atoms with Crippen molar-refractivity contribution in [3.8, 4) is 0 Å². The van der Waals surface area contributed by atoms with Gasteiger partial charge in [0.25, 0.3) is 0 Å². The Morgan fingerprint density at radius 1 is 1.33 bits per heavy atom. The summed E-state index contributed by atoms with van der Waals surface area (Å²) in [6.07, 6.45) is 8.99. The van der Waals surface area contributed by atoms with Crippen molar-refractivity contribution in [3.63, 3.8) is 0 Å². The molecule has 1 unspecified atom stereocenters. The average molecular weight is 393 g/mol. The number of hydrogen-bond acceptors (Lipinski definition) is 2. The SMILES string of the molecule is C=C1C(=O)O[C@@H](CC2C[C@]23CC[C@H]2/C(=C/Br)CCC[C@@]23C)C1(C)C. The molecule has 3 heteroatoms. The molecule has 132 valence electrons. The van der Waals surface area contributed by atoms with Crippen molar-refractivity contribution in [3.05, 3.63) is 22.7 Å². The lowest BCUT2D eigenvalue weighted by molar-refractivity contribution is -0.140. The number of halogens is 1. The van der Waals surface area contributed by atoms with Crippen LogP contribution in [0.3, 0.4) is 0 Å². The smallest absolute Gasteiger partial charge is 0.334 e. The van der Waals surface area contributed by atoms with E-state index in [4.69, 9.17) is 4.74 Å². The van der Waals surface area contributed by atoms with Crippen molar-refractivity contribution in [2.45, 2.75) is 71.8 Å². The van der Waals surface area contributed by atoms with E-state index in [1.165, 1.54) is 38.5 Å². The van der Waals surface area contributed by atoms with E-state index in [0.29, 0.717) is 22.3 Å². The highest BCUT2D eigenvalue weighted by Gasteiger charge is 2.70. The van der Waals surface area contributed by atoms with Crippen LogP contribution in [-0.4, -0.2) is 12.1 Å². The molecule has 3 saturated carbocycles. The Morgan fingerprint density at radius 2 is 2.08 bits per heavy atom. The summed E-state index contributed by atoms with van der Waals surface area (Å²) >= 11 is 3.61. The highest BCUT2D eigenvalue weighted by Crippen LogP contribution is 2.78. The maximum atomic E-state index is 12.0. The highest BCUT2D eigenvalue weighted by molar-refractivity contribution is 9.11. The number of ether oxygens (including phenoxy) is 1. The predicted molar refractivity (Wildman–Crippen MR) is 99.7 cm³/mol. The Balaban J connectivity index is 1.54. The molecule has 0 aromatic rings. The zero-order chi connectivity index (χ0) is 17.3. The molecule has 3 aliphatic carbocycles. The van der Waals surface area contributed by atoms with Gasteiger partial charge in [0, 0.05) is 11.0 Å². The predicted octanol–water partition coefficient (Wildman–Crippen LogP) is 5.77. The van der Waals surface area contributed by atoms with Gasteiger partial charge in [0.2, 0.25) is 0 Å². The molecule has 0 amide bonds. The third-order valence-corrected chi connectivity index (χ3v) is 8.93. The lowest BCUT2D eigenvalue weighted by atomic mass is 9.61. The summed E-state index contributed by atoms with van der Waals surface area (Å²) in [6, 6.07) is 0. The largest absolute Gasteiger partial charge is 0.458 e. The third kappa shape index (κ3) is 2.03. The fraction of sp³-hybridized carbons (Fsp3) is 0.762. The van der Waals surface area contributed by atoms with Gasteiger partial charge in [-0.3, -0.25) is 0 Å². The van der Waals surface area contributed by atoms with E-state index in [-0.39, 0.29) is 17.5 Å². The summed E-state index contributed by atoms with van der Waals surface area (Å²) in [6.45, 7) is 10.7. The zero-order valence-corrected chi connectivity index (χ0v) is 16.7.